The van der Waals surface area contributed by atoms with E-state index in [-0.39, 0.29) is 0 Å². The van der Waals surface area contributed by atoms with E-state index in [2.05, 4.69) is 11.6 Å². The van der Waals surface area contributed by atoms with Gasteiger partial charge in [0, 0.05) is 0 Å². The quantitative estimate of drug-likeness (QED) is 0.493. The minimum absolute atomic E-state index is 1.42. The van der Waals surface area contributed by atoms with Gasteiger partial charge in [-0.2, -0.15) is 0 Å². The summed E-state index contributed by atoms with van der Waals surface area (Å²) in [5.41, 5.74) is 0. The van der Waals surface area contributed by atoms with Gasteiger partial charge in [0.1, 0.15) is 0 Å². The average Bonchev–Trinajstić information content (AvgIpc) is 1.76. The van der Waals surface area contributed by atoms with Crippen molar-refractivity contribution in [3.05, 3.63) is 11.6 Å². The van der Waals surface area contributed by atoms with Crippen molar-refractivity contribution < 1.29 is 0 Å². The van der Waals surface area contributed by atoms with Gasteiger partial charge in [-0.1, -0.05) is 10.5 Å². The highest BCUT2D eigenvalue weighted by Crippen LogP contribution is 2.23. The Hall–Kier alpha value is 0.560. The van der Waals surface area contributed by atoms with Crippen molar-refractivity contribution >= 4 is 25.3 Å². The molecule has 0 aliphatic heterocycles. The maximum absolute atomic E-state index is 2.16. The zero-order valence-electron chi connectivity index (χ0n) is 2.46. The van der Waals surface area contributed by atoms with Crippen molar-refractivity contribution in [2.24, 2.45) is 0 Å². The van der Waals surface area contributed by atoms with Crippen LogP contribution in [-0.4, -0.2) is 0 Å². The molecule has 1 heterocycles. The van der Waals surface area contributed by atoms with E-state index in [1.165, 1.54) is 14.7 Å². The minimum Gasteiger partial charge on any atom is -0.0899 e. The van der Waals surface area contributed by atoms with E-state index >= 15 is 0 Å². The van der Waals surface area contributed by atoms with Crippen LogP contribution in [0.3, 0.4) is 0 Å². The second-order valence-corrected chi connectivity index (χ2v) is 5.00. The van der Waals surface area contributed by atoms with E-state index in [4.69, 9.17) is 0 Å². The van der Waals surface area contributed by atoms with E-state index in [9.17, 15) is 0 Å². The van der Waals surface area contributed by atoms with Gasteiger partial charge in [0.05, 0.1) is 0 Å². The van der Waals surface area contributed by atoms with Crippen molar-refractivity contribution in [3.8, 4) is 0 Å². The summed E-state index contributed by atoms with van der Waals surface area (Å²) in [4.78, 5) is 0. The van der Waals surface area contributed by atoms with Gasteiger partial charge in [-0.25, -0.2) is 0 Å². The summed E-state index contributed by atoms with van der Waals surface area (Å²) < 4.78 is 0. The monoisotopic (exact) mass is 120 g/mol. The summed E-state index contributed by atoms with van der Waals surface area (Å²) in [6.07, 6.45) is 0. The fourth-order valence-electron chi connectivity index (χ4n) is 0.136. The van der Waals surface area contributed by atoms with Crippen LogP contribution in [0.1, 0.15) is 0 Å². The van der Waals surface area contributed by atoms with Gasteiger partial charge in [0.2, 0.25) is 0 Å². The van der Waals surface area contributed by atoms with Crippen molar-refractivity contribution in [2.75, 3.05) is 0 Å². The van der Waals surface area contributed by atoms with E-state index in [0.29, 0.717) is 0 Å². The lowest BCUT2D eigenvalue weighted by molar-refractivity contribution is 2.39. The van der Waals surface area contributed by atoms with Gasteiger partial charge >= 0.3 is 0 Å². The number of rotatable bonds is 0. The summed E-state index contributed by atoms with van der Waals surface area (Å²) >= 11 is 0. The second kappa shape index (κ2) is 1.87. The molecule has 0 fully saturated rings. The maximum Gasteiger partial charge on any atom is -0.00507 e. The predicted molar refractivity (Wildman–Crippen MR) is 29.3 cm³/mol. The third-order valence-electron chi connectivity index (χ3n) is 0.283. The molecule has 0 atom stereocenters. The van der Waals surface area contributed by atoms with Crippen LogP contribution in [0.25, 0.3) is 0 Å². The van der Waals surface area contributed by atoms with Gasteiger partial charge in [0.15, 0.2) is 0 Å². The molecule has 0 saturated heterocycles. The third-order valence-corrected chi connectivity index (χ3v) is 4.24. The van der Waals surface area contributed by atoms with Gasteiger partial charge < -0.3 is 0 Å². The van der Waals surface area contributed by atoms with Crippen LogP contribution in [0.2, 0.25) is 0 Å². The summed E-state index contributed by atoms with van der Waals surface area (Å²) in [7, 11) is 4.74. The topological polar surface area (TPSA) is 0 Å². The lowest BCUT2D eigenvalue weighted by atomic mass is 11.2. The first kappa shape index (κ1) is 3.74. The highest BCUT2D eigenvalue weighted by molar-refractivity contribution is 8.06. The Morgan fingerprint density at radius 1 is 1.20 bits per heavy atom. The smallest absolute Gasteiger partial charge is 0.00507 e. The standard InChI is InChI=1S/C2H2P2S/c1-2-4-5-3-1/h1-2H. The predicted octanol–water partition coefficient (Wildman–Crippen LogP) is 2.91. The van der Waals surface area contributed by atoms with Crippen molar-refractivity contribution in [2.45, 2.75) is 0 Å². The zero-order chi connectivity index (χ0) is 3.54. The van der Waals surface area contributed by atoms with Crippen molar-refractivity contribution in [1.82, 2.24) is 0 Å². The molecule has 3 heteroatoms. The molecule has 0 spiro atoms. The first-order valence-electron chi connectivity index (χ1n) is 1.21. The summed E-state index contributed by atoms with van der Waals surface area (Å²) in [5, 5.41) is 0. The second-order valence-electron chi connectivity index (χ2n) is 0.591. The highest BCUT2D eigenvalue weighted by Gasteiger charge is 1.61. The maximum atomic E-state index is 2.16. The van der Waals surface area contributed by atoms with Crippen LogP contribution in [0.15, 0.2) is 11.6 Å². The van der Waals surface area contributed by atoms with E-state index in [0.717, 1.165) is 0 Å². The SMILES string of the molecule is c1cpsp1. The van der Waals surface area contributed by atoms with Gasteiger partial charge in [-0.05, 0) is 26.3 Å². The molecule has 26 valence electrons. The van der Waals surface area contributed by atoms with E-state index in [1.54, 1.807) is 0 Å². The van der Waals surface area contributed by atoms with Crippen LogP contribution in [0.5, 0.6) is 0 Å². The van der Waals surface area contributed by atoms with Crippen LogP contribution in [-0.2, 0) is 0 Å². The molecule has 5 heavy (non-hydrogen) atoms. The Morgan fingerprint density at radius 3 is 2.00 bits per heavy atom. The molecule has 1 rings (SSSR count). The molecule has 0 saturated carbocycles. The molecular weight excluding hydrogens is 118 g/mol. The molecule has 0 bridgehead atoms. The van der Waals surface area contributed by atoms with Crippen LogP contribution in [0.4, 0.5) is 0 Å². The molecule has 1 aromatic heterocycles. The van der Waals surface area contributed by atoms with E-state index in [1.807, 2.05) is 10.5 Å². The molecule has 0 aromatic carbocycles. The first-order chi connectivity index (χ1) is 2.50. The Morgan fingerprint density at radius 2 is 1.80 bits per heavy atom. The van der Waals surface area contributed by atoms with E-state index < -0.39 is 0 Å². The highest BCUT2D eigenvalue weighted by atomic mass is 32.8. The largest absolute Gasteiger partial charge is 0.0899 e. The lowest BCUT2D eigenvalue weighted by Crippen LogP contribution is -1.01. The zero-order valence-corrected chi connectivity index (χ0v) is 5.06. The fraction of sp³-hybridized carbons (Fsp3) is 0. The first-order valence-corrected chi connectivity index (χ1v) is 5.17. The van der Waals surface area contributed by atoms with Crippen LogP contribution < -0.4 is 0 Å². The van der Waals surface area contributed by atoms with Crippen molar-refractivity contribution in [1.29, 1.82) is 0 Å². The third kappa shape index (κ3) is 0.967. The normalized spacial score (nSPS) is 11.2. The summed E-state index contributed by atoms with van der Waals surface area (Å²) in [6.45, 7) is 0. The molecule has 1 aromatic rings. The molecule has 0 aliphatic rings. The summed E-state index contributed by atoms with van der Waals surface area (Å²) in [5.74, 6) is 4.32. The molecule has 0 N–H and O–H groups in total. The van der Waals surface area contributed by atoms with Crippen LogP contribution in [0, 0.1) is 0 Å². The number of hydrogen-bond acceptors (Lipinski definition) is 1. The molecule has 0 aliphatic carbocycles. The van der Waals surface area contributed by atoms with Gasteiger partial charge in [0.25, 0.3) is 0 Å². The Labute approximate surface area is 37.5 Å². The fourth-order valence-corrected chi connectivity index (χ4v) is 3.67. The van der Waals surface area contributed by atoms with Crippen LogP contribution >= 0.6 is 25.3 Å². The van der Waals surface area contributed by atoms with Crippen molar-refractivity contribution in [3.63, 3.8) is 0 Å². The van der Waals surface area contributed by atoms with Gasteiger partial charge in [-0.15, -0.1) is 0 Å². The molecule has 0 amide bonds. The minimum atomic E-state index is 1.42. The Balaban J connectivity index is 3.13. The average molecular weight is 120 g/mol. The molecular formula is C2H2P2S. The molecule has 0 nitrogen and oxygen atoms in total. The Kier molecular flexibility index (Phi) is 1.40. The summed E-state index contributed by atoms with van der Waals surface area (Å²) in [6, 6.07) is 0. The molecule has 0 radical (unpaired) electrons. The van der Waals surface area contributed by atoms with Gasteiger partial charge in [-0.3, -0.25) is 0 Å². The Bertz CT molecular complexity index is 64.1. The number of hydrogen-bond donors (Lipinski definition) is 0. The lowest BCUT2D eigenvalue weighted by Gasteiger charge is -1.36. The molecule has 0 unspecified atom stereocenters.